The number of aromatic nitrogens is 1. The highest BCUT2D eigenvalue weighted by atomic mass is 16.4. The van der Waals surface area contributed by atoms with E-state index in [-0.39, 0.29) is 0 Å². The Labute approximate surface area is 141 Å². The number of benzene rings is 1. The van der Waals surface area contributed by atoms with Crippen LogP contribution in [0.3, 0.4) is 0 Å². The van der Waals surface area contributed by atoms with Crippen molar-refractivity contribution in [2.45, 2.75) is 6.42 Å². The molecule has 1 aliphatic heterocycles. The number of pyridine rings is 1. The summed E-state index contributed by atoms with van der Waals surface area (Å²) in [6.07, 6.45) is 1.96. The molecule has 1 aliphatic rings. The predicted molar refractivity (Wildman–Crippen MR) is 94.7 cm³/mol. The summed E-state index contributed by atoms with van der Waals surface area (Å²) >= 11 is 0. The number of rotatable bonds is 5. The molecule has 2 heterocycles. The Morgan fingerprint density at radius 3 is 2.46 bits per heavy atom. The van der Waals surface area contributed by atoms with Gasteiger partial charge in [0, 0.05) is 32.7 Å². The standard InChI is InChI=1S/C18H22N4O2/c23-18(24)22-12-10-21(11-13-22)17-7-6-16(14-20-17)19-9-8-15-4-2-1-3-5-15/h1-7,14,19H,8-13H2,(H,23,24). The summed E-state index contributed by atoms with van der Waals surface area (Å²) in [6.45, 7) is 3.27. The van der Waals surface area contributed by atoms with Gasteiger partial charge in [0.25, 0.3) is 0 Å². The van der Waals surface area contributed by atoms with Gasteiger partial charge in [0.05, 0.1) is 11.9 Å². The minimum atomic E-state index is -0.847. The van der Waals surface area contributed by atoms with Gasteiger partial charge in [0.2, 0.25) is 0 Å². The molecule has 0 aliphatic carbocycles. The molecule has 0 atom stereocenters. The van der Waals surface area contributed by atoms with E-state index in [0.717, 1.165) is 24.5 Å². The van der Waals surface area contributed by atoms with Gasteiger partial charge >= 0.3 is 6.09 Å². The van der Waals surface area contributed by atoms with E-state index in [9.17, 15) is 4.79 Å². The van der Waals surface area contributed by atoms with E-state index in [1.165, 1.54) is 10.5 Å². The first-order valence-corrected chi connectivity index (χ1v) is 8.19. The van der Waals surface area contributed by atoms with Gasteiger partial charge in [-0.05, 0) is 24.1 Å². The van der Waals surface area contributed by atoms with Gasteiger partial charge in [-0.15, -0.1) is 0 Å². The minimum Gasteiger partial charge on any atom is -0.465 e. The van der Waals surface area contributed by atoms with E-state index in [4.69, 9.17) is 5.11 Å². The van der Waals surface area contributed by atoms with Gasteiger partial charge in [-0.1, -0.05) is 30.3 Å². The van der Waals surface area contributed by atoms with Crippen LogP contribution in [-0.4, -0.2) is 53.8 Å². The molecule has 1 fully saturated rings. The van der Waals surface area contributed by atoms with Crippen LogP contribution in [-0.2, 0) is 6.42 Å². The summed E-state index contributed by atoms with van der Waals surface area (Å²) in [6, 6.07) is 14.4. The Balaban J connectivity index is 1.48. The molecule has 0 radical (unpaired) electrons. The fourth-order valence-electron chi connectivity index (χ4n) is 2.80. The highest BCUT2D eigenvalue weighted by molar-refractivity contribution is 5.65. The minimum absolute atomic E-state index is 0.522. The zero-order valence-corrected chi connectivity index (χ0v) is 13.6. The molecule has 1 aromatic carbocycles. The van der Waals surface area contributed by atoms with Crippen LogP contribution in [0.1, 0.15) is 5.56 Å². The summed E-state index contributed by atoms with van der Waals surface area (Å²) in [5, 5.41) is 12.4. The van der Waals surface area contributed by atoms with Crippen molar-refractivity contribution in [1.82, 2.24) is 9.88 Å². The first-order chi connectivity index (χ1) is 11.7. The van der Waals surface area contributed by atoms with Crippen molar-refractivity contribution in [1.29, 1.82) is 0 Å². The lowest BCUT2D eigenvalue weighted by atomic mass is 10.1. The predicted octanol–water partition coefficient (Wildman–Crippen LogP) is 2.54. The number of carbonyl (C=O) groups is 1. The topological polar surface area (TPSA) is 68.7 Å². The number of piperazine rings is 1. The molecule has 0 bridgehead atoms. The molecule has 24 heavy (non-hydrogen) atoms. The van der Waals surface area contributed by atoms with Crippen molar-refractivity contribution in [2.75, 3.05) is 42.9 Å². The van der Waals surface area contributed by atoms with E-state index >= 15 is 0 Å². The van der Waals surface area contributed by atoms with E-state index < -0.39 is 6.09 Å². The Morgan fingerprint density at radius 2 is 1.83 bits per heavy atom. The Kier molecular flexibility index (Phi) is 5.15. The zero-order chi connectivity index (χ0) is 16.8. The molecule has 0 saturated carbocycles. The normalized spacial score (nSPS) is 14.5. The van der Waals surface area contributed by atoms with Crippen LogP contribution in [0, 0.1) is 0 Å². The van der Waals surface area contributed by atoms with Crippen LogP contribution < -0.4 is 10.2 Å². The molecule has 0 spiro atoms. The number of hydrogen-bond donors (Lipinski definition) is 2. The molecule has 126 valence electrons. The Hall–Kier alpha value is -2.76. The Morgan fingerprint density at radius 1 is 1.08 bits per heavy atom. The fraction of sp³-hybridized carbons (Fsp3) is 0.333. The van der Waals surface area contributed by atoms with E-state index in [1.54, 1.807) is 0 Å². The number of nitrogens with zero attached hydrogens (tertiary/aromatic N) is 3. The third kappa shape index (κ3) is 4.16. The second-order valence-electron chi connectivity index (χ2n) is 5.82. The molecule has 6 heteroatoms. The highest BCUT2D eigenvalue weighted by Crippen LogP contribution is 2.16. The van der Waals surface area contributed by atoms with Gasteiger partial charge < -0.3 is 20.2 Å². The van der Waals surface area contributed by atoms with Gasteiger partial charge in [-0.3, -0.25) is 0 Å². The summed E-state index contributed by atoms with van der Waals surface area (Å²) < 4.78 is 0. The lowest BCUT2D eigenvalue weighted by molar-refractivity contribution is 0.142. The van der Waals surface area contributed by atoms with Crippen LogP contribution >= 0.6 is 0 Å². The monoisotopic (exact) mass is 326 g/mol. The number of hydrogen-bond acceptors (Lipinski definition) is 4. The van der Waals surface area contributed by atoms with Crippen LogP contribution in [0.2, 0.25) is 0 Å². The lowest BCUT2D eigenvalue weighted by Crippen LogP contribution is -2.48. The van der Waals surface area contributed by atoms with Gasteiger partial charge in [0.15, 0.2) is 0 Å². The smallest absolute Gasteiger partial charge is 0.407 e. The van der Waals surface area contributed by atoms with Crippen molar-refractivity contribution in [3.8, 4) is 0 Å². The summed E-state index contributed by atoms with van der Waals surface area (Å²) in [5.74, 6) is 0.897. The average molecular weight is 326 g/mol. The number of nitrogens with one attached hydrogen (secondary N) is 1. The van der Waals surface area contributed by atoms with Gasteiger partial charge in [0.1, 0.15) is 5.82 Å². The second-order valence-corrected chi connectivity index (χ2v) is 5.82. The fourth-order valence-corrected chi connectivity index (χ4v) is 2.80. The molecule has 2 aromatic rings. The maximum absolute atomic E-state index is 10.9. The van der Waals surface area contributed by atoms with E-state index in [2.05, 4.69) is 39.5 Å². The van der Waals surface area contributed by atoms with Crippen molar-refractivity contribution < 1.29 is 9.90 Å². The third-order valence-electron chi connectivity index (χ3n) is 4.21. The molecule has 6 nitrogen and oxygen atoms in total. The third-order valence-corrected chi connectivity index (χ3v) is 4.21. The summed E-state index contributed by atoms with van der Waals surface area (Å²) in [4.78, 5) is 19.0. The van der Waals surface area contributed by atoms with Gasteiger partial charge in [-0.2, -0.15) is 0 Å². The SMILES string of the molecule is O=C(O)N1CCN(c2ccc(NCCc3ccccc3)cn2)CC1. The molecular weight excluding hydrogens is 304 g/mol. The molecule has 3 rings (SSSR count). The van der Waals surface area contributed by atoms with Crippen molar-refractivity contribution in [3.63, 3.8) is 0 Å². The molecule has 1 saturated heterocycles. The summed E-state index contributed by atoms with van der Waals surface area (Å²) in [7, 11) is 0. The van der Waals surface area contributed by atoms with Crippen molar-refractivity contribution >= 4 is 17.6 Å². The van der Waals surface area contributed by atoms with Crippen molar-refractivity contribution in [3.05, 3.63) is 54.2 Å². The largest absolute Gasteiger partial charge is 0.465 e. The maximum Gasteiger partial charge on any atom is 0.407 e. The summed E-state index contributed by atoms with van der Waals surface area (Å²) in [5.41, 5.74) is 2.31. The van der Waals surface area contributed by atoms with Crippen LogP contribution in [0.25, 0.3) is 0 Å². The molecule has 2 N–H and O–H groups in total. The van der Waals surface area contributed by atoms with Crippen LogP contribution in [0.5, 0.6) is 0 Å². The average Bonchev–Trinajstić information content (AvgIpc) is 2.63. The lowest BCUT2D eigenvalue weighted by Gasteiger charge is -2.33. The van der Waals surface area contributed by atoms with Crippen molar-refractivity contribution in [2.24, 2.45) is 0 Å². The number of carboxylic acid groups (broad SMARTS) is 1. The second kappa shape index (κ2) is 7.68. The molecule has 0 unspecified atom stereocenters. The molecule has 1 aromatic heterocycles. The van der Waals surface area contributed by atoms with Crippen LogP contribution in [0.15, 0.2) is 48.7 Å². The number of anilines is 2. The molecule has 1 amide bonds. The zero-order valence-electron chi connectivity index (χ0n) is 13.6. The first-order valence-electron chi connectivity index (χ1n) is 8.19. The molecular formula is C18H22N4O2. The van der Waals surface area contributed by atoms with Gasteiger partial charge in [-0.25, -0.2) is 9.78 Å². The van der Waals surface area contributed by atoms with E-state index in [1.807, 2.05) is 24.4 Å². The quantitative estimate of drug-likeness (QED) is 0.884. The maximum atomic E-state index is 10.9. The highest BCUT2D eigenvalue weighted by Gasteiger charge is 2.20. The number of amides is 1. The van der Waals surface area contributed by atoms with E-state index in [0.29, 0.717) is 26.2 Å². The first kappa shape index (κ1) is 16.1. The Bertz CT molecular complexity index is 652. The van der Waals surface area contributed by atoms with Crippen LogP contribution in [0.4, 0.5) is 16.3 Å².